The van der Waals surface area contributed by atoms with Crippen molar-refractivity contribution in [3.63, 3.8) is 0 Å². The Labute approximate surface area is 93.3 Å². The SMILES string of the molecule is CC(C=O)=CCC1=CCCC(C)C1(C)C. The Hall–Kier alpha value is -0.850. The summed E-state index contributed by atoms with van der Waals surface area (Å²) in [6.45, 7) is 8.82. The normalized spacial score (nSPS) is 26.0. The molecule has 0 heterocycles. The van der Waals surface area contributed by atoms with Gasteiger partial charge in [0, 0.05) is 0 Å². The van der Waals surface area contributed by atoms with Crippen molar-refractivity contribution in [2.24, 2.45) is 11.3 Å². The second kappa shape index (κ2) is 4.78. The third kappa shape index (κ3) is 2.80. The molecule has 0 radical (unpaired) electrons. The number of hydrogen-bond acceptors (Lipinski definition) is 1. The minimum Gasteiger partial charge on any atom is -0.298 e. The average molecular weight is 206 g/mol. The van der Waals surface area contributed by atoms with Crippen molar-refractivity contribution in [1.29, 1.82) is 0 Å². The molecule has 15 heavy (non-hydrogen) atoms. The average Bonchev–Trinajstić information content (AvgIpc) is 2.20. The molecule has 0 spiro atoms. The zero-order chi connectivity index (χ0) is 11.5. The van der Waals surface area contributed by atoms with Gasteiger partial charge in [-0.1, -0.05) is 38.5 Å². The largest absolute Gasteiger partial charge is 0.298 e. The predicted molar refractivity (Wildman–Crippen MR) is 64.7 cm³/mol. The third-order valence-electron chi connectivity index (χ3n) is 3.88. The Morgan fingerprint density at radius 2 is 2.27 bits per heavy atom. The standard InChI is InChI=1S/C14H22O/c1-11(10-15)8-9-13-7-5-6-12(2)14(13,3)4/h7-8,10,12H,5-6,9H2,1-4H3. The summed E-state index contributed by atoms with van der Waals surface area (Å²) in [5, 5.41) is 0. The number of hydrogen-bond donors (Lipinski definition) is 0. The summed E-state index contributed by atoms with van der Waals surface area (Å²) in [5.74, 6) is 0.738. The minimum atomic E-state index is 0.290. The van der Waals surface area contributed by atoms with Crippen molar-refractivity contribution in [2.45, 2.75) is 47.0 Å². The van der Waals surface area contributed by atoms with Gasteiger partial charge in [-0.2, -0.15) is 0 Å². The molecule has 1 atom stereocenters. The first-order valence-electron chi connectivity index (χ1n) is 5.80. The van der Waals surface area contributed by atoms with E-state index in [0.29, 0.717) is 0 Å². The van der Waals surface area contributed by atoms with Gasteiger partial charge in [0.2, 0.25) is 0 Å². The van der Waals surface area contributed by atoms with E-state index in [-0.39, 0.29) is 5.41 Å². The molecule has 0 bridgehead atoms. The van der Waals surface area contributed by atoms with E-state index in [1.165, 1.54) is 18.4 Å². The quantitative estimate of drug-likeness (QED) is 0.389. The zero-order valence-electron chi connectivity index (χ0n) is 10.3. The van der Waals surface area contributed by atoms with Gasteiger partial charge in [0.15, 0.2) is 0 Å². The van der Waals surface area contributed by atoms with Crippen LogP contribution in [0.2, 0.25) is 0 Å². The van der Waals surface area contributed by atoms with Gasteiger partial charge in [0.05, 0.1) is 0 Å². The van der Waals surface area contributed by atoms with Gasteiger partial charge in [-0.25, -0.2) is 0 Å². The van der Waals surface area contributed by atoms with Crippen LogP contribution in [-0.4, -0.2) is 6.29 Å². The van der Waals surface area contributed by atoms with Crippen LogP contribution in [-0.2, 0) is 4.79 Å². The molecule has 0 fully saturated rings. The topological polar surface area (TPSA) is 17.1 Å². The fourth-order valence-corrected chi connectivity index (χ4v) is 2.11. The fraction of sp³-hybridized carbons (Fsp3) is 0.643. The number of rotatable bonds is 3. The second-order valence-corrected chi connectivity index (χ2v) is 5.20. The van der Waals surface area contributed by atoms with Gasteiger partial charge in [-0.3, -0.25) is 4.79 Å². The summed E-state index contributed by atoms with van der Waals surface area (Å²) in [4.78, 5) is 10.5. The fourth-order valence-electron chi connectivity index (χ4n) is 2.11. The summed E-state index contributed by atoms with van der Waals surface area (Å²) >= 11 is 0. The van der Waals surface area contributed by atoms with Crippen molar-refractivity contribution >= 4 is 6.29 Å². The molecule has 0 aromatic rings. The van der Waals surface area contributed by atoms with E-state index in [1.54, 1.807) is 0 Å². The van der Waals surface area contributed by atoms with Crippen LogP contribution in [0.5, 0.6) is 0 Å². The van der Waals surface area contributed by atoms with Crippen LogP contribution in [0.4, 0.5) is 0 Å². The maximum absolute atomic E-state index is 10.5. The molecule has 0 aliphatic heterocycles. The van der Waals surface area contributed by atoms with Crippen LogP contribution in [0.3, 0.4) is 0 Å². The van der Waals surface area contributed by atoms with Crippen LogP contribution >= 0.6 is 0 Å². The Morgan fingerprint density at radius 3 is 2.87 bits per heavy atom. The first-order valence-corrected chi connectivity index (χ1v) is 5.80. The minimum absolute atomic E-state index is 0.290. The lowest BCUT2D eigenvalue weighted by molar-refractivity contribution is -0.104. The zero-order valence-corrected chi connectivity index (χ0v) is 10.3. The molecule has 0 saturated heterocycles. The van der Waals surface area contributed by atoms with Gasteiger partial charge in [-0.15, -0.1) is 0 Å². The molecule has 0 amide bonds. The highest BCUT2D eigenvalue weighted by molar-refractivity contribution is 5.72. The van der Waals surface area contributed by atoms with Crippen molar-refractivity contribution in [3.05, 3.63) is 23.3 Å². The van der Waals surface area contributed by atoms with Crippen LogP contribution in [0.1, 0.15) is 47.0 Å². The Balaban J connectivity index is 2.77. The molecular weight excluding hydrogens is 184 g/mol. The summed E-state index contributed by atoms with van der Waals surface area (Å²) in [6, 6.07) is 0. The summed E-state index contributed by atoms with van der Waals surface area (Å²) in [6.07, 6.45) is 8.73. The van der Waals surface area contributed by atoms with Crippen molar-refractivity contribution in [2.75, 3.05) is 0 Å². The van der Waals surface area contributed by atoms with E-state index in [4.69, 9.17) is 0 Å². The second-order valence-electron chi connectivity index (χ2n) is 5.20. The van der Waals surface area contributed by atoms with Crippen LogP contribution < -0.4 is 0 Å². The summed E-state index contributed by atoms with van der Waals surface area (Å²) in [5.41, 5.74) is 2.62. The monoisotopic (exact) mass is 206 g/mol. The number of allylic oxidation sites excluding steroid dienone is 4. The van der Waals surface area contributed by atoms with Gasteiger partial charge < -0.3 is 0 Å². The molecule has 1 nitrogen and oxygen atoms in total. The van der Waals surface area contributed by atoms with Gasteiger partial charge in [0.1, 0.15) is 6.29 Å². The Morgan fingerprint density at radius 1 is 1.60 bits per heavy atom. The van der Waals surface area contributed by atoms with Gasteiger partial charge in [-0.05, 0) is 43.1 Å². The molecule has 84 valence electrons. The van der Waals surface area contributed by atoms with Crippen molar-refractivity contribution in [3.8, 4) is 0 Å². The van der Waals surface area contributed by atoms with E-state index in [1.807, 2.05) is 13.0 Å². The lowest BCUT2D eigenvalue weighted by Crippen LogP contribution is -2.26. The molecule has 0 aromatic carbocycles. The van der Waals surface area contributed by atoms with Crippen LogP contribution in [0.25, 0.3) is 0 Å². The number of carbonyl (C=O) groups excluding carboxylic acids is 1. The number of carbonyl (C=O) groups is 1. The molecular formula is C14H22O. The van der Waals surface area contributed by atoms with E-state index >= 15 is 0 Å². The Kier molecular flexibility index (Phi) is 3.90. The maximum Gasteiger partial charge on any atom is 0.145 e. The van der Waals surface area contributed by atoms with Gasteiger partial charge in [0.25, 0.3) is 0 Å². The predicted octanol–water partition coefficient (Wildman–Crippen LogP) is 3.90. The van der Waals surface area contributed by atoms with E-state index in [2.05, 4.69) is 26.8 Å². The van der Waals surface area contributed by atoms with Gasteiger partial charge >= 0.3 is 0 Å². The van der Waals surface area contributed by atoms with Crippen molar-refractivity contribution in [1.82, 2.24) is 0 Å². The molecule has 0 aromatic heterocycles. The molecule has 1 aliphatic rings. The lowest BCUT2D eigenvalue weighted by atomic mass is 9.67. The summed E-state index contributed by atoms with van der Waals surface area (Å²) in [7, 11) is 0. The maximum atomic E-state index is 10.5. The van der Waals surface area contributed by atoms with E-state index in [9.17, 15) is 4.79 Å². The molecule has 0 N–H and O–H groups in total. The van der Waals surface area contributed by atoms with Crippen LogP contribution in [0.15, 0.2) is 23.3 Å². The van der Waals surface area contributed by atoms with E-state index < -0.39 is 0 Å². The third-order valence-corrected chi connectivity index (χ3v) is 3.88. The highest BCUT2D eigenvalue weighted by Gasteiger charge is 2.31. The molecule has 1 unspecified atom stereocenters. The molecule has 1 rings (SSSR count). The molecule has 1 aliphatic carbocycles. The first kappa shape index (κ1) is 12.2. The smallest absolute Gasteiger partial charge is 0.145 e. The van der Waals surface area contributed by atoms with E-state index in [0.717, 1.165) is 24.2 Å². The molecule has 0 saturated carbocycles. The summed E-state index contributed by atoms with van der Waals surface area (Å²) < 4.78 is 0. The first-order chi connectivity index (χ1) is 6.98. The highest BCUT2D eigenvalue weighted by atomic mass is 16.1. The lowest BCUT2D eigenvalue weighted by Gasteiger charge is -2.38. The number of aldehydes is 1. The van der Waals surface area contributed by atoms with Crippen LogP contribution in [0, 0.1) is 11.3 Å². The highest BCUT2D eigenvalue weighted by Crippen LogP contribution is 2.42. The Bertz CT molecular complexity index is 294. The van der Waals surface area contributed by atoms with Crippen molar-refractivity contribution < 1.29 is 4.79 Å². The molecule has 1 heteroatoms.